The number of hydrogen-bond donors (Lipinski definition) is 5. The number of aliphatic carboxylic acids is 1. The van der Waals surface area contributed by atoms with Crippen molar-refractivity contribution in [2.24, 2.45) is 0 Å². The van der Waals surface area contributed by atoms with E-state index < -0.39 is 46.2 Å². The van der Waals surface area contributed by atoms with Gasteiger partial charge in [0.25, 0.3) is 0 Å². The third-order valence-corrected chi connectivity index (χ3v) is 6.43. The third kappa shape index (κ3) is 5.02. The van der Waals surface area contributed by atoms with Gasteiger partial charge in [-0.05, 0) is 42.8 Å². The number of aromatic nitrogens is 1. The summed E-state index contributed by atoms with van der Waals surface area (Å²) in [6.45, 7) is 0.410. The summed E-state index contributed by atoms with van der Waals surface area (Å²) in [5.41, 5.74) is 1.02. The number of ether oxygens (including phenoxy) is 1. The van der Waals surface area contributed by atoms with Gasteiger partial charge in [-0.1, -0.05) is 12.1 Å². The summed E-state index contributed by atoms with van der Waals surface area (Å²) in [5.74, 6) is -3.07. The van der Waals surface area contributed by atoms with Crippen molar-refractivity contribution in [3.05, 3.63) is 59.8 Å². The summed E-state index contributed by atoms with van der Waals surface area (Å²) in [4.78, 5) is 36.0. The third-order valence-electron chi connectivity index (χ3n) is 5.28. The lowest BCUT2D eigenvalue weighted by Gasteiger charge is -2.32. The van der Waals surface area contributed by atoms with Crippen molar-refractivity contribution in [1.29, 1.82) is 0 Å². The van der Waals surface area contributed by atoms with Crippen LogP contribution in [0.1, 0.15) is 22.8 Å². The van der Waals surface area contributed by atoms with Gasteiger partial charge in [0.05, 0.1) is 12.0 Å². The lowest BCUT2D eigenvalue weighted by Crippen LogP contribution is -2.55. The average Bonchev–Trinajstić information content (AvgIpc) is 3.15. The number of anilines is 1. The van der Waals surface area contributed by atoms with Crippen molar-refractivity contribution >= 4 is 40.6 Å². The van der Waals surface area contributed by atoms with E-state index in [-0.39, 0.29) is 23.6 Å². The van der Waals surface area contributed by atoms with Crippen LogP contribution in [0.2, 0.25) is 0 Å². The van der Waals surface area contributed by atoms with Crippen LogP contribution < -0.4 is 5.32 Å². The molecule has 2 aromatic heterocycles. The largest absolute Gasteiger partial charge is 0.504 e. The quantitative estimate of drug-likeness (QED) is 0.122. The number of fused-ring (bicyclic) bond motifs is 1. The molecule has 3 atom stereocenters. The van der Waals surface area contributed by atoms with Gasteiger partial charge in [-0.2, -0.15) is 0 Å². The fraction of sp³-hybridized carbons (Fsp3) is 0.227. The molecule has 0 bridgehead atoms. The lowest BCUT2D eigenvalue weighted by molar-refractivity contribution is -0.146. The highest BCUT2D eigenvalue weighted by molar-refractivity contribution is 7.80. The van der Waals surface area contributed by atoms with Crippen molar-refractivity contribution in [1.82, 2.24) is 4.40 Å². The van der Waals surface area contributed by atoms with Crippen LogP contribution in [-0.2, 0) is 31.8 Å². The number of carbonyl (C=O) groups excluding carboxylic acids is 2. The molecule has 3 unspecified atom stereocenters. The van der Waals surface area contributed by atoms with Gasteiger partial charge in [0.1, 0.15) is 23.2 Å². The van der Waals surface area contributed by atoms with E-state index in [9.17, 15) is 38.5 Å². The molecule has 0 radical (unpaired) electrons. The van der Waals surface area contributed by atoms with Crippen LogP contribution >= 0.6 is 0 Å². The first-order chi connectivity index (χ1) is 16.1. The van der Waals surface area contributed by atoms with Crippen LogP contribution in [0.4, 0.5) is 5.82 Å². The van der Waals surface area contributed by atoms with Gasteiger partial charge in [-0.3, -0.25) is 9.59 Å². The summed E-state index contributed by atoms with van der Waals surface area (Å²) in [6, 6.07) is 8.58. The second kappa shape index (κ2) is 9.93. The highest BCUT2D eigenvalue weighted by Gasteiger charge is 2.47. The maximum atomic E-state index is 12.3. The Balaban J connectivity index is 1.85. The van der Waals surface area contributed by atoms with Crippen molar-refractivity contribution in [2.75, 3.05) is 11.9 Å². The van der Waals surface area contributed by atoms with E-state index in [0.717, 1.165) is 13.0 Å². The number of aromatic hydroxyl groups is 2. The summed E-state index contributed by atoms with van der Waals surface area (Å²) < 4.78 is 26.8. The Labute approximate surface area is 195 Å². The number of nitrogens with one attached hydrogen (secondary N) is 1. The minimum absolute atomic E-state index is 0.0977. The molecule has 3 aromatic rings. The first-order valence-corrected chi connectivity index (χ1v) is 11.0. The van der Waals surface area contributed by atoms with Crippen LogP contribution in [0.25, 0.3) is 5.52 Å². The average molecular weight is 490 g/mol. The molecule has 0 saturated heterocycles. The monoisotopic (exact) mass is 490 g/mol. The van der Waals surface area contributed by atoms with Gasteiger partial charge in [0.2, 0.25) is 0 Å². The van der Waals surface area contributed by atoms with Crippen LogP contribution in [-0.4, -0.2) is 64.1 Å². The molecule has 0 fully saturated rings. The summed E-state index contributed by atoms with van der Waals surface area (Å²) in [6.07, 6.45) is 1.77. The van der Waals surface area contributed by atoms with E-state index in [4.69, 9.17) is 4.74 Å². The Morgan fingerprint density at radius 2 is 1.94 bits per heavy atom. The Kier molecular flexibility index (Phi) is 7.23. The van der Waals surface area contributed by atoms with Crippen molar-refractivity contribution in [3.63, 3.8) is 0 Å². The Morgan fingerprint density at radius 3 is 2.56 bits per heavy atom. The molecule has 180 valence electrons. The predicted molar refractivity (Wildman–Crippen MR) is 121 cm³/mol. The normalized spacial score (nSPS) is 14.6. The standard InChI is InChI=1S/C22H22N2O9S/c1-22(34(31)32,12-33-18(28)9-13-5-6-16(26)17(27)8-13)19(21(29)30)23-20-14(11-25)10-15-4-2-3-7-24(15)20/h2-8,10-11,19,23,26-27H,9,12H2,1H3,(H,29,30)(H,31,32). The van der Waals surface area contributed by atoms with Crippen molar-refractivity contribution in [2.45, 2.75) is 24.1 Å². The Bertz CT molecular complexity index is 1270. The van der Waals surface area contributed by atoms with Crippen LogP contribution in [0, 0.1) is 0 Å². The summed E-state index contributed by atoms with van der Waals surface area (Å²) in [5, 5.41) is 31.4. The molecule has 3 rings (SSSR count). The summed E-state index contributed by atoms with van der Waals surface area (Å²) >= 11 is -2.78. The van der Waals surface area contributed by atoms with Gasteiger partial charge >= 0.3 is 11.9 Å². The van der Waals surface area contributed by atoms with Gasteiger partial charge in [0, 0.05) is 11.7 Å². The molecular formula is C22H22N2O9S. The fourth-order valence-corrected chi connectivity index (χ4v) is 3.88. The number of esters is 1. The fourth-order valence-electron chi connectivity index (χ4n) is 3.35. The highest BCUT2D eigenvalue weighted by Crippen LogP contribution is 2.28. The number of rotatable bonds is 10. The molecule has 0 spiro atoms. The molecular weight excluding hydrogens is 468 g/mol. The number of benzene rings is 1. The number of phenols is 2. The van der Waals surface area contributed by atoms with E-state index in [1.165, 1.54) is 22.6 Å². The van der Waals surface area contributed by atoms with Gasteiger partial charge in [-0.25, -0.2) is 9.00 Å². The Morgan fingerprint density at radius 1 is 1.21 bits per heavy atom. The number of hydrogen-bond acceptors (Lipinski definition) is 8. The predicted octanol–water partition coefficient (Wildman–Crippen LogP) is 1.79. The molecule has 1 aromatic carbocycles. The molecule has 12 heteroatoms. The van der Waals surface area contributed by atoms with Gasteiger partial charge in [0.15, 0.2) is 28.9 Å². The molecule has 0 saturated carbocycles. The second-order valence-electron chi connectivity index (χ2n) is 7.70. The molecule has 2 heterocycles. The highest BCUT2D eigenvalue weighted by atomic mass is 32.2. The molecule has 0 aliphatic carbocycles. The van der Waals surface area contributed by atoms with Gasteiger partial charge < -0.3 is 34.3 Å². The number of carboxylic acid groups (broad SMARTS) is 1. The zero-order valence-corrected chi connectivity index (χ0v) is 18.7. The number of pyridine rings is 1. The maximum absolute atomic E-state index is 12.3. The lowest BCUT2D eigenvalue weighted by atomic mass is 10.0. The SMILES string of the molecule is CC(COC(=O)Cc1ccc(O)c(O)c1)(C(Nc1c(C=O)cc2ccccn12)C(=O)O)S(=O)O. The smallest absolute Gasteiger partial charge is 0.327 e. The van der Waals surface area contributed by atoms with Crippen LogP contribution in [0.5, 0.6) is 11.5 Å². The van der Waals surface area contributed by atoms with E-state index in [1.54, 1.807) is 24.4 Å². The number of carboxylic acids is 1. The second-order valence-corrected chi connectivity index (χ2v) is 9.13. The number of aldehydes is 1. The zero-order valence-electron chi connectivity index (χ0n) is 17.9. The first kappa shape index (κ1) is 24.7. The van der Waals surface area contributed by atoms with Crippen LogP contribution in [0.15, 0.2) is 48.7 Å². The van der Waals surface area contributed by atoms with E-state index in [1.807, 2.05) is 0 Å². The molecule has 0 aliphatic heterocycles. The maximum Gasteiger partial charge on any atom is 0.327 e. The Hall–Kier alpha value is -3.90. The van der Waals surface area contributed by atoms with Crippen molar-refractivity contribution in [3.8, 4) is 11.5 Å². The van der Waals surface area contributed by atoms with E-state index in [2.05, 4.69) is 5.32 Å². The molecule has 34 heavy (non-hydrogen) atoms. The number of phenolic OH excluding ortho intramolecular Hbond substituents is 2. The first-order valence-electron chi connectivity index (χ1n) is 9.89. The minimum atomic E-state index is -2.78. The molecule has 0 aliphatic rings. The molecule has 11 nitrogen and oxygen atoms in total. The van der Waals surface area contributed by atoms with Crippen LogP contribution in [0.3, 0.4) is 0 Å². The minimum Gasteiger partial charge on any atom is -0.504 e. The topological polar surface area (TPSA) is 175 Å². The summed E-state index contributed by atoms with van der Waals surface area (Å²) in [7, 11) is 0. The zero-order chi connectivity index (χ0) is 25.0. The molecule has 5 N–H and O–H groups in total. The van der Waals surface area contributed by atoms with E-state index in [0.29, 0.717) is 17.4 Å². The van der Waals surface area contributed by atoms with E-state index >= 15 is 0 Å². The van der Waals surface area contributed by atoms with Gasteiger partial charge in [-0.15, -0.1) is 0 Å². The van der Waals surface area contributed by atoms with Crippen molar-refractivity contribution < 1.29 is 43.2 Å². The number of nitrogens with zero attached hydrogens (tertiary/aromatic N) is 1. The number of carbonyl (C=O) groups is 3. The molecule has 0 amide bonds.